The van der Waals surface area contributed by atoms with Crippen molar-refractivity contribution in [3.63, 3.8) is 0 Å². The van der Waals surface area contributed by atoms with Crippen LogP contribution in [0.2, 0.25) is 0 Å². The molecule has 1 fully saturated rings. The van der Waals surface area contributed by atoms with E-state index >= 15 is 0 Å². The van der Waals surface area contributed by atoms with Gasteiger partial charge in [-0.25, -0.2) is 9.59 Å². The summed E-state index contributed by atoms with van der Waals surface area (Å²) in [7, 11) is 0. The second-order valence-corrected chi connectivity index (χ2v) is 6.74. The Kier molecular flexibility index (Phi) is 7.76. The van der Waals surface area contributed by atoms with Crippen molar-refractivity contribution in [2.45, 2.75) is 77.4 Å². The highest BCUT2D eigenvalue weighted by Gasteiger charge is 2.42. The third-order valence-electron chi connectivity index (χ3n) is 4.50. The first-order valence-corrected chi connectivity index (χ1v) is 9.46. The number of hydrogen-bond donors (Lipinski definition) is 3. The van der Waals surface area contributed by atoms with E-state index in [1.165, 1.54) is 6.20 Å². The summed E-state index contributed by atoms with van der Waals surface area (Å²) in [5.74, 6) is 0.139. The lowest BCUT2D eigenvalue weighted by atomic mass is 10.1. The minimum atomic E-state index is -1.24. The molecule has 4 atom stereocenters. The van der Waals surface area contributed by atoms with Crippen LogP contribution in [-0.2, 0) is 15.9 Å². The van der Waals surface area contributed by atoms with E-state index in [9.17, 15) is 19.8 Å². The molecule has 0 bridgehead atoms. The van der Waals surface area contributed by atoms with Crippen LogP contribution in [0, 0.1) is 0 Å². The highest BCUT2D eigenvalue weighted by Crippen LogP contribution is 2.28. The smallest absolute Gasteiger partial charge is 0.412 e. The van der Waals surface area contributed by atoms with Gasteiger partial charge in [-0.2, -0.15) is 4.98 Å². The maximum Gasteiger partial charge on any atom is 0.412 e. The molecule has 1 amide bonds. The molecule has 0 spiro atoms. The van der Waals surface area contributed by atoms with Gasteiger partial charge in [-0.05, 0) is 19.8 Å². The van der Waals surface area contributed by atoms with Crippen molar-refractivity contribution in [3.8, 4) is 0 Å². The van der Waals surface area contributed by atoms with Crippen LogP contribution in [0.15, 0.2) is 11.0 Å². The summed E-state index contributed by atoms with van der Waals surface area (Å²) in [5, 5.41) is 22.5. The molecule has 1 aromatic heterocycles. The van der Waals surface area contributed by atoms with Gasteiger partial charge in [0.25, 0.3) is 0 Å². The summed E-state index contributed by atoms with van der Waals surface area (Å²) >= 11 is 0. The number of aliphatic hydroxyl groups excluding tert-OH is 2. The van der Waals surface area contributed by atoms with Gasteiger partial charge in [0.05, 0.1) is 12.7 Å². The summed E-state index contributed by atoms with van der Waals surface area (Å²) in [6.07, 6.45) is 0.959. The Morgan fingerprint density at radius 3 is 2.63 bits per heavy atom. The summed E-state index contributed by atoms with van der Waals surface area (Å²) in [6.45, 7) is 5.93. The number of aliphatic hydroxyl groups is 2. The van der Waals surface area contributed by atoms with Crippen LogP contribution < -0.4 is 11.0 Å². The molecule has 9 nitrogen and oxygen atoms in total. The predicted octanol–water partition coefficient (Wildman–Crippen LogP) is 1.57. The number of carbonyl (C=O) groups excluding carboxylic acids is 1. The Bertz CT molecular complexity index is 692. The summed E-state index contributed by atoms with van der Waals surface area (Å²) < 4.78 is 11.7. The second-order valence-electron chi connectivity index (χ2n) is 6.74. The number of nitrogens with zero attached hydrogens (tertiary/aromatic N) is 2. The highest BCUT2D eigenvalue weighted by molar-refractivity contribution is 5.84. The van der Waals surface area contributed by atoms with Crippen molar-refractivity contribution >= 4 is 11.9 Å². The third kappa shape index (κ3) is 5.27. The SMILES string of the molecule is CCCCCOC(=O)Nc1nc(=O)n([C@@H]2O[C@H](C)[C@@H](O)[C@H]2O)cc1CCC. The average molecular weight is 383 g/mol. The van der Waals surface area contributed by atoms with Crippen LogP contribution in [0.5, 0.6) is 0 Å². The topological polar surface area (TPSA) is 123 Å². The van der Waals surface area contributed by atoms with Gasteiger partial charge < -0.3 is 19.7 Å². The van der Waals surface area contributed by atoms with E-state index in [2.05, 4.69) is 17.2 Å². The van der Waals surface area contributed by atoms with Gasteiger partial charge >= 0.3 is 11.8 Å². The highest BCUT2D eigenvalue weighted by atomic mass is 16.6. The van der Waals surface area contributed by atoms with Gasteiger partial charge in [0.1, 0.15) is 18.0 Å². The van der Waals surface area contributed by atoms with Gasteiger partial charge in [0.15, 0.2) is 6.23 Å². The van der Waals surface area contributed by atoms with E-state index in [4.69, 9.17) is 9.47 Å². The molecule has 3 N–H and O–H groups in total. The number of rotatable bonds is 8. The molecule has 0 radical (unpaired) electrons. The monoisotopic (exact) mass is 383 g/mol. The molecular formula is C18H29N3O6. The fourth-order valence-corrected chi connectivity index (χ4v) is 2.96. The molecule has 1 aliphatic rings. The first-order valence-electron chi connectivity index (χ1n) is 9.46. The van der Waals surface area contributed by atoms with Crippen molar-refractivity contribution in [1.29, 1.82) is 0 Å². The molecule has 0 aromatic carbocycles. The Hall–Kier alpha value is -1.97. The lowest BCUT2D eigenvalue weighted by Gasteiger charge is -2.19. The maximum atomic E-state index is 12.4. The van der Waals surface area contributed by atoms with Gasteiger partial charge in [-0.3, -0.25) is 9.88 Å². The maximum absolute atomic E-state index is 12.4. The molecular weight excluding hydrogens is 354 g/mol. The summed E-state index contributed by atoms with van der Waals surface area (Å²) in [6, 6.07) is 0. The fourth-order valence-electron chi connectivity index (χ4n) is 2.96. The van der Waals surface area contributed by atoms with Crippen molar-refractivity contribution in [2.75, 3.05) is 11.9 Å². The number of amides is 1. The number of unbranched alkanes of at least 4 members (excludes halogenated alkanes) is 2. The number of ether oxygens (including phenoxy) is 2. The molecule has 0 unspecified atom stereocenters. The molecule has 2 heterocycles. The largest absolute Gasteiger partial charge is 0.449 e. The van der Waals surface area contributed by atoms with Crippen molar-refractivity contribution in [2.24, 2.45) is 0 Å². The van der Waals surface area contributed by atoms with Gasteiger partial charge in [-0.1, -0.05) is 33.1 Å². The number of carbonyl (C=O) groups is 1. The molecule has 0 aliphatic carbocycles. The van der Waals surface area contributed by atoms with Crippen LogP contribution in [0.25, 0.3) is 0 Å². The zero-order valence-corrected chi connectivity index (χ0v) is 16.1. The van der Waals surface area contributed by atoms with Gasteiger partial charge in [-0.15, -0.1) is 0 Å². The molecule has 2 rings (SSSR count). The van der Waals surface area contributed by atoms with Crippen LogP contribution in [0.1, 0.15) is 58.2 Å². The van der Waals surface area contributed by atoms with E-state index in [0.717, 1.165) is 30.3 Å². The van der Waals surface area contributed by atoms with E-state index in [-0.39, 0.29) is 5.82 Å². The van der Waals surface area contributed by atoms with Gasteiger partial charge in [0, 0.05) is 11.8 Å². The summed E-state index contributed by atoms with van der Waals surface area (Å²) in [5.41, 5.74) is -0.0751. The molecule has 1 aliphatic heterocycles. The van der Waals surface area contributed by atoms with Crippen LogP contribution in [0.3, 0.4) is 0 Å². The normalized spacial score (nSPS) is 24.8. The Morgan fingerprint density at radius 2 is 2.04 bits per heavy atom. The van der Waals surface area contributed by atoms with Crippen LogP contribution >= 0.6 is 0 Å². The molecule has 1 saturated heterocycles. The molecule has 27 heavy (non-hydrogen) atoms. The van der Waals surface area contributed by atoms with E-state index in [0.29, 0.717) is 18.6 Å². The lowest BCUT2D eigenvalue weighted by Crippen LogP contribution is -2.36. The molecule has 0 saturated carbocycles. The zero-order valence-electron chi connectivity index (χ0n) is 16.1. The molecule has 9 heteroatoms. The number of aromatic nitrogens is 2. The molecule has 152 valence electrons. The van der Waals surface area contributed by atoms with Crippen LogP contribution in [-0.4, -0.2) is 50.8 Å². The van der Waals surface area contributed by atoms with Crippen molar-refractivity contribution < 1.29 is 24.5 Å². The van der Waals surface area contributed by atoms with Crippen molar-refractivity contribution in [1.82, 2.24) is 9.55 Å². The fraction of sp³-hybridized carbons (Fsp3) is 0.722. The van der Waals surface area contributed by atoms with Crippen molar-refractivity contribution in [3.05, 3.63) is 22.2 Å². The Morgan fingerprint density at radius 1 is 1.30 bits per heavy atom. The quantitative estimate of drug-likeness (QED) is 0.582. The minimum absolute atomic E-state index is 0.139. The van der Waals surface area contributed by atoms with E-state index in [1.807, 2.05) is 6.92 Å². The Labute approximate surface area is 158 Å². The zero-order chi connectivity index (χ0) is 20.0. The summed E-state index contributed by atoms with van der Waals surface area (Å²) in [4.78, 5) is 28.3. The lowest BCUT2D eigenvalue weighted by molar-refractivity contribution is -0.0351. The number of anilines is 1. The minimum Gasteiger partial charge on any atom is -0.449 e. The standard InChI is InChI=1S/C18H29N3O6/c1-4-6-7-9-26-18(25)20-15-12(8-5-2)10-21(17(24)19-15)16-14(23)13(22)11(3)27-16/h10-11,13-14,16,22-23H,4-9H2,1-3H3,(H,19,20,24,25)/t11-,13-,14-,16-/m1/s1. The number of nitrogens with one attached hydrogen (secondary N) is 1. The third-order valence-corrected chi connectivity index (χ3v) is 4.50. The second kappa shape index (κ2) is 9.82. The van der Waals surface area contributed by atoms with Crippen LogP contribution in [0.4, 0.5) is 10.6 Å². The molecule has 1 aromatic rings. The first kappa shape index (κ1) is 21.3. The Balaban J connectivity index is 2.18. The average Bonchev–Trinajstić information content (AvgIpc) is 2.88. The first-order chi connectivity index (χ1) is 12.9. The van der Waals surface area contributed by atoms with Gasteiger partial charge in [0.2, 0.25) is 0 Å². The predicted molar refractivity (Wildman–Crippen MR) is 98.6 cm³/mol. The van der Waals surface area contributed by atoms with E-state index < -0.39 is 36.3 Å². The number of hydrogen-bond acceptors (Lipinski definition) is 7. The number of aryl methyl sites for hydroxylation is 1. The van der Waals surface area contributed by atoms with E-state index in [1.54, 1.807) is 6.92 Å².